The van der Waals surface area contributed by atoms with Crippen LogP contribution in [0, 0.1) is 27.7 Å². The summed E-state index contributed by atoms with van der Waals surface area (Å²) in [6, 6.07) is 28.0. The minimum Gasteiger partial charge on any atom is -0.332 e. The number of fused-ring (bicyclic) bond motifs is 2. The minimum absolute atomic E-state index is 0. The van der Waals surface area contributed by atoms with Gasteiger partial charge < -0.3 is 4.57 Å². The van der Waals surface area contributed by atoms with Crippen LogP contribution in [0.1, 0.15) is 22.4 Å². The molecule has 0 saturated heterocycles. The molecule has 0 aliphatic carbocycles. The first-order valence-electron chi connectivity index (χ1n) is 9.85. The van der Waals surface area contributed by atoms with Gasteiger partial charge in [0.25, 0.3) is 0 Å². The van der Waals surface area contributed by atoms with Gasteiger partial charge >= 0.3 is 26.2 Å². The van der Waals surface area contributed by atoms with Crippen LogP contribution in [0.2, 0.25) is 0 Å². The molecule has 0 N–H and O–H groups in total. The van der Waals surface area contributed by atoms with Crippen molar-refractivity contribution in [3.05, 3.63) is 101 Å². The van der Waals surface area contributed by atoms with Crippen molar-refractivity contribution < 1.29 is 26.2 Å². The number of nitrogens with zero attached hydrogens (tertiary/aromatic N) is 1. The third-order valence-corrected chi connectivity index (χ3v) is 5.60. The van der Waals surface area contributed by atoms with Crippen molar-refractivity contribution in [3.63, 3.8) is 0 Å². The van der Waals surface area contributed by atoms with Crippen LogP contribution in [-0.4, -0.2) is 11.0 Å². The second-order valence-electron chi connectivity index (χ2n) is 7.30. The fraction of sp³-hybridized carbons (Fsp3) is 0.185. The Hall–Kier alpha value is -1.89. The molecule has 0 bridgehead atoms. The number of alkyl halides is 1. The zero-order valence-corrected chi connectivity index (χ0v) is 21.5. The molecule has 3 heteroatoms. The van der Waals surface area contributed by atoms with Gasteiger partial charge in [0.15, 0.2) is 0 Å². The van der Waals surface area contributed by atoms with E-state index in [4.69, 9.17) is 0 Å². The molecule has 0 unspecified atom stereocenters. The fourth-order valence-electron chi connectivity index (χ4n) is 3.72. The predicted molar refractivity (Wildman–Crippen MR) is 129 cm³/mol. The van der Waals surface area contributed by atoms with Gasteiger partial charge in [0.05, 0.1) is 5.52 Å². The SMILES string of the molecule is CCl.Cc1c(C)n(-c2cc3ccccc3[cH-]2)c2ccccc12.Cc1ccc[c-]1C.[Zr+2]. The van der Waals surface area contributed by atoms with Gasteiger partial charge in [-0.25, -0.2) is 12.1 Å². The Kier molecular flexibility index (Phi) is 8.89. The van der Waals surface area contributed by atoms with Gasteiger partial charge in [-0.05, 0) is 31.2 Å². The van der Waals surface area contributed by atoms with Crippen molar-refractivity contribution in [1.82, 2.24) is 4.57 Å². The molecule has 0 spiro atoms. The summed E-state index contributed by atoms with van der Waals surface area (Å²) < 4.78 is 2.37. The first kappa shape index (κ1) is 24.4. The summed E-state index contributed by atoms with van der Waals surface area (Å²) in [5, 5.41) is 3.95. The van der Waals surface area contributed by atoms with Gasteiger partial charge in [0.2, 0.25) is 0 Å². The summed E-state index contributed by atoms with van der Waals surface area (Å²) >= 11 is 4.64. The van der Waals surface area contributed by atoms with E-state index in [0.29, 0.717) is 0 Å². The van der Waals surface area contributed by atoms with Crippen LogP contribution in [-0.2, 0) is 26.2 Å². The Morgan fingerprint density at radius 1 is 0.867 bits per heavy atom. The monoisotopic (exact) mass is 491 g/mol. The quantitative estimate of drug-likeness (QED) is 0.165. The second-order valence-corrected chi connectivity index (χ2v) is 7.30. The Morgan fingerprint density at radius 2 is 1.53 bits per heavy atom. The predicted octanol–water partition coefficient (Wildman–Crippen LogP) is 7.99. The maximum absolute atomic E-state index is 4.64. The maximum Gasteiger partial charge on any atom is 2.00 e. The molecule has 1 nitrogen and oxygen atoms in total. The van der Waals surface area contributed by atoms with Crippen LogP contribution < -0.4 is 0 Å². The van der Waals surface area contributed by atoms with E-state index < -0.39 is 0 Å². The Balaban J connectivity index is 0.000000273. The molecular formula is C27H28ClNZr. The summed E-state index contributed by atoms with van der Waals surface area (Å²) in [6.45, 7) is 8.65. The van der Waals surface area contributed by atoms with Crippen molar-refractivity contribution in [3.8, 4) is 5.69 Å². The van der Waals surface area contributed by atoms with Gasteiger partial charge in [0, 0.05) is 17.5 Å². The molecule has 1 aromatic heterocycles. The number of aryl methyl sites for hydroxylation is 3. The summed E-state index contributed by atoms with van der Waals surface area (Å²) in [5.74, 6) is 0. The third kappa shape index (κ3) is 4.88. The molecule has 0 aliphatic heterocycles. The fourth-order valence-corrected chi connectivity index (χ4v) is 3.72. The van der Waals surface area contributed by atoms with Crippen LogP contribution in [0.3, 0.4) is 0 Å². The molecule has 152 valence electrons. The first-order chi connectivity index (χ1) is 14.1. The molecule has 0 aliphatic rings. The van der Waals surface area contributed by atoms with Crippen molar-refractivity contribution in [2.75, 3.05) is 6.38 Å². The van der Waals surface area contributed by atoms with Gasteiger partial charge in [-0.1, -0.05) is 38.1 Å². The van der Waals surface area contributed by atoms with Gasteiger partial charge in [-0.15, -0.1) is 52.7 Å². The average Bonchev–Trinajstić information content (AvgIpc) is 3.41. The molecule has 5 aromatic rings. The summed E-state index contributed by atoms with van der Waals surface area (Å²) in [6.07, 6.45) is 1.47. The van der Waals surface area contributed by atoms with Crippen LogP contribution >= 0.6 is 11.6 Å². The molecule has 4 aromatic carbocycles. The van der Waals surface area contributed by atoms with E-state index in [1.807, 2.05) is 0 Å². The Labute approximate surface area is 204 Å². The van der Waals surface area contributed by atoms with E-state index in [-0.39, 0.29) is 26.2 Å². The summed E-state index contributed by atoms with van der Waals surface area (Å²) in [5.41, 5.74) is 8.01. The first-order valence-corrected chi connectivity index (χ1v) is 10.6. The molecule has 0 amide bonds. The van der Waals surface area contributed by atoms with Crippen molar-refractivity contribution in [2.45, 2.75) is 27.7 Å². The number of halogens is 1. The van der Waals surface area contributed by atoms with Crippen molar-refractivity contribution >= 4 is 33.3 Å². The number of hydrogen-bond donors (Lipinski definition) is 0. The van der Waals surface area contributed by atoms with E-state index >= 15 is 0 Å². The second kappa shape index (κ2) is 10.9. The van der Waals surface area contributed by atoms with Crippen LogP contribution in [0.5, 0.6) is 0 Å². The maximum atomic E-state index is 4.64. The zero-order chi connectivity index (χ0) is 21.0. The van der Waals surface area contributed by atoms with Crippen LogP contribution in [0.4, 0.5) is 0 Å². The topological polar surface area (TPSA) is 4.93 Å². The summed E-state index contributed by atoms with van der Waals surface area (Å²) in [4.78, 5) is 0. The molecular weight excluding hydrogens is 465 g/mol. The molecule has 30 heavy (non-hydrogen) atoms. The molecule has 0 fully saturated rings. The van der Waals surface area contributed by atoms with E-state index in [0.717, 1.165) is 0 Å². The number of hydrogen-bond acceptors (Lipinski definition) is 0. The van der Waals surface area contributed by atoms with E-state index in [9.17, 15) is 0 Å². The Morgan fingerprint density at radius 3 is 2.13 bits per heavy atom. The van der Waals surface area contributed by atoms with Gasteiger partial charge in [-0.3, -0.25) is 0 Å². The molecule has 0 saturated carbocycles. The average molecular weight is 493 g/mol. The molecule has 5 rings (SSSR count). The van der Waals surface area contributed by atoms with E-state index in [1.54, 1.807) is 0 Å². The van der Waals surface area contributed by atoms with E-state index in [1.165, 1.54) is 56.1 Å². The molecule has 1 heterocycles. The van der Waals surface area contributed by atoms with Crippen molar-refractivity contribution in [2.24, 2.45) is 0 Å². The number of aromatic nitrogens is 1. The van der Waals surface area contributed by atoms with Crippen LogP contribution in [0.25, 0.3) is 27.4 Å². The minimum atomic E-state index is 0. The van der Waals surface area contributed by atoms with Gasteiger partial charge in [0.1, 0.15) is 0 Å². The molecule has 0 atom stereocenters. The summed E-state index contributed by atoms with van der Waals surface area (Å²) in [7, 11) is 0. The Bertz CT molecular complexity index is 1170. The largest absolute Gasteiger partial charge is 2.00 e. The zero-order valence-electron chi connectivity index (χ0n) is 18.3. The van der Waals surface area contributed by atoms with Crippen LogP contribution in [0.15, 0.2) is 78.9 Å². The smallest absolute Gasteiger partial charge is 0.332 e. The van der Waals surface area contributed by atoms with Crippen molar-refractivity contribution in [1.29, 1.82) is 0 Å². The number of para-hydroxylation sites is 1. The van der Waals surface area contributed by atoms with E-state index in [2.05, 4.69) is 123 Å². The number of rotatable bonds is 1. The molecule has 0 radical (unpaired) electrons. The normalized spacial score (nSPS) is 10.1. The third-order valence-electron chi connectivity index (χ3n) is 5.60. The van der Waals surface area contributed by atoms with Gasteiger partial charge in [-0.2, -0.15) is 17.2 Å². The standard InChI is InChI=1S/C19H16N.C7H9.CH3Cl.Zr/c1-13-14(2)20(19-10-6-5-9-18(13)19)17-11-15-7-3-4-8-16(15)12-17;1-6-4-3-5-7(6)2;1-2;/h3-12H,1-2H3;3-5H,1-2H3;1H3;/q2*-1;;+2. The number of benzene rings is 2.